The standard InChI is InChI=1S/C11H20N4OS/c1-5-9(6-2)12-10(16)7-17-11-14-13-8(3)15(11)4/h9H,5-7H2,1-4H3,(H,12,16). The number of hydrogen-bond donors (Lipinski definition) is 1. The summed E-state index contributed by atoms with van der Waals surface area (Å²) in [7, 11) is 1.90. The van der Waals surface area contributed by atoms with Gasteiger partial charge in [0.25, 0.3) is 0 Å². The molecule has 0 saturated carbocycles. The van der Waals surface area contributed by atoms with Gasteiger partial charge in [0.2, 0.25) is 5.91 Å². The molecule has 0 unspecified atom stereocenters. The topological polar surface area (TPSA) is 59.8 Å². The van der Waals surface area contributed by atoms with Crippen molar-refractivity contribution in [3.8, 4) is 0 Å². The maximum Gasteiger partial charge on any atom is 0.230 e. The lowest BCUT2D eigenvalue weighted by Gasteiger charge is -2.14. The Balaban J connectivity index is 2.40. The van der Waals surface area contributed by atoms with E-state index in [1.807, 2.05) is 18.5 Å². The molecule has 0 aliphatic rings. The van der Waals surface area contributed by atoms with E-state index in [-0.39, 0.29) is 11.9 Å². The molecular weight excluding hydrogens is 236 g/mol. The molecule has 0 saturated heterocycles. The third-order valence-electron chi connectivity index (χ3n) is 2.74. The van der Waals surface area contributed by atoms with Crippen LogP contribution in [0.4, 0.5) is 0 Å². The van der Waals surface area contributed by atoms with Gasteiger partial charge in [-0.3, -0.25) is 4.79 Å². The Morgan fingerprint density at radius 1 is 1.41 bits per heavy atom. The summed E-state index contributed by atoms with van der Waals surface area (Å²) in [6.07, 6.45) is 1.94. The van der Waals surface area contributed by atoms with E-state index in [1.165, 1.54) is 11.8 Å². The molecule has 0 fully saturated rings. The number of aryl methyl sites for hydroxylation is 1. The van der Waals surface area contributed by atoms with Crippen molar-refractivity contribution >= 4 is 17.7 Å². The van der Waals surface area contributed by atoms with Crippen LogP contribution in [0.15, 0.2) is 5.16 Å². The van der Waals surface area contributed by atoms with Crippen LogP contribution in [0.25, 0.3) is 0 Å². The number of nitrogens with one attached hydrogen (secondary N) is 1. The number of rotatable bonds is 6. The van der Waals surface area contributed by atoms with Gasteiger partial charge in [0.05, 0.1) is 5.75 Å². The summed E-state index contributed by atoms with van der Waals surface area (Å²) in [5.74, 6) is 1.31. The third-order valence-corrected chi connectivity index (χ3v) is 3.76. The van der Waals surface area contributed by atoms with Crippen molar-refractivity contribution in [1.29, 1.82) is 0 Å². The molecule has 6 heteroatoms. The van der Waals surface area contributed by atoms with E-state index in [0.29, 0.717) is 5.75 Å². The van der Waals surface area contributed by atoms with Gasteiger partial charge in [-0.15, -0.1) is 10.2 Å². The maximum atomic E-state index is 11.7. The minimum absolute atomic E-state index is 0.0596. The second-order valence-corrected chi connectivity index (χ2v) is 4.90. The number of thioether (sulfide) groups is 1. The zero-order valence-corrected chi connectivity index (χ0v) is 11.7. The first-order valence-electron chi connectivity index (χ1n) is 5.86. The Morgan fingerprint density at radius 2 is 2.06 bits per heavy atom. The van der Waals surface area contributed by atoms with Crippen molar-refractivity contribution in [3.05, 3.63) is 5.82 Å². The number of hydrogen-bond acceptors (Lipinski definition) is 4. The molecule has 1 rings (SSSR count). The average molecular weight is 256 g/mol. The number of aromatic nitrogens is 3. The highest BCUT2D eigenvalue weighted by Gasteiger charge is 2.11. The van der Waals surface area contributed by atoms with Gasteiger partial charge in [-0.05, 0) is 19.8 Å². The molecule has 1 N–H and O–H groups in total. The third kappa shape index (κ3) is 4.03. The molecule has 96 valence electrons. The summed E-state index contributed by atoms with van der Waals surface area (Å²) >= 11 is 1.42. The zero-order chi connectivity index (χ0) is 12.8. The number of carbonyl (C=O) groups is 1. The van der Waals surface area contributed by atoms with Crippen LogP contribution in [0.1, 0.15) is 32.5 Å². The van der Waals surface area contributed by atoms with Gasteiger partial charge in [-0.1, -0.05) is 25.6 Å². The largest absolute Gasteiger partial charge is 0.353 e. The highest BCUT2D eigenvalue weighted by molar-refractivity contribution is 7.99. The van der Waals surface area contributed by atoms with E-state index in [0.717, 1.165) is 23.8 Å². The fourth-order valence-corrected chi connectivity index (χ4v) is 2.17. The van der Waals surface area contributed by atoms with Crippen molar-refractivity contribution in [2.24, 2.45) is 7.05 Å². The minimum Gasteiger partial charge on any atom is -0.353 e. The van der Waals surface area contributed by atoms with Gasteiger partial charge in [0.1, 0.15) is 5.82 Å². The van der Waals surface area contributed by atoms with Crippen molar-refractivity contribution in [2.75, 3.05) is 5.75 Å². The van der Waals surface area contributed by atoms with E-state index < -0.39 is 0 Å². The summed E-state index contributed by atoms with van der Waals surface area (Å²) in [4.78, 5) is 11.7. The molecule has 0 atom stereocenters. The molecule has 1 amide bonds. The van der Waals surface area contributed by atoms with Gasteiger partial charge in [-0.2, -0.15) is 0 Å². The Bertz CT molecular complexity index is 374. The first-order chi connectivity index (χ1) is 8.08. The molecule has 1 heterocycles. The molecule has 1 aromatic heterocycles. The predicted molar refractivity (Wildman–Crippen MR) is 69.0 cm³/mol. The van der Waals surface area contributed by atoms with Crippen molar-refractivity contribution in [2.45, 2.75) is 44.8 Å². The Morgan fingerprint density at radius 3 is 2.53 bits per heavy atom. The lowest BCUT2D eigenvalue weighted by Crippen LogP contribution is -2.35. The second-order valence-electron chi connectivity index (χ2n) is 3.96. The SMILES string of the molecule is CCC(CC)NC(=O)CSc1nnc(C)n1C. The van der Waals surface area contributed by atoms with Crippen LogP contribution in [-0.2, 0) is 11.8 Å². The Hall–Kier alpha value is -1.04. The highest BCUT2D eigenvalue weighted by Crippen LogP contribution is 2.14. The van der Waals surface area contributed by atoms with Gasteiger partial charge < -0.3 is 9.88 Å². The smallest absolute Gasteiger partial charge is 0.230 e. The molecule has 1 aromatic rings. The summed E-state index contributed by atoms with van der Waals surface area (Å²) in [6.45, 7) is 6.04. The number of nitrogens with zero attached hydrogens (tertiary/aromatic N) is 3. The Labute approximate surface area is 106 Å². The number of amides is 1. The monoisotopic (exact) mass is 256 g/mol. The molecule has 0 aliphatic carbocycles. The van der Waals surface area contributed by atoms with Crippen LogP contribution in [0.2, 0.25) is 0 Å². The molecule has 5 nitrogen and oxygen atoms in total. The zero-order valence-electron chi connectivity index (χ0n) is 10.9. The van der Waals surface area contributed by atoms with E-state index in [4.69, 9.17) is 0 Å². The normalized spacial score (nSPS) is 10.9. The van der Waals surface area contributed by atoms with Gasteiger partial charge in [0, 0.05) is 13.1 Å². The van der Waals surface area contributed by atoms with Crippen LogP contribution in [-0.4, -0.2) is 32.5 Å². The fraction of sp³-hybridized carbons (Fsp3) is 0.727. The first-order valence-corrected chi connectivity index (χ1v) is 6.85. The van der Waals surface area contributed by atoms with Crippen LogP contribution in [0.3, 0.4) is 0 Å². The van der Waals surface area contributed by atoms with E-state index >= 15 is 0 Å². The molecule has 0 spiro atoms. The summed E-state index contributed by atoms with van der Waals surface area (Å²) < 4.78 is 1.88. The van der Waals surface area contributed by atoms with E-state index in [2.05, 4.69) is 29.4 Å². The highest BCUT2D eigenvalue weighted by atomic mass is 32.2. The first kappa shape index (κ1) is 14.0. The van der Waals surface area contributed by atoms with Gasteiger partial charge in [-0.25, -0.2) is 0 Å². The lowest BCUT2D eigenvalue weighted by molar-refractivity contribution is -0.119. The van der Waals surface area contributed by atoms with Crippen LogP contribution in [0, 0.1) is 6.92 Å². The Kier molecular flexibility index (Phi) is 5.47. The molecule has 0 aliphatic heterocycles. The molecule has 0 aromatic carbocycles. The van der Waals surface area contributed by atoms with Crippen molar-refractivity contribution < 1.29 is 4.79 Å². The van der Waals surface area contributed by atoms with Crippen molar-refractivity contribution in [1.82, 2.24) is 20.1 Å². The van der Waals surface area contributed by atoms with Gasteiger partial charge in [0.15, 0.2) is 5.16 Å². The van der Waals surface area contributed by atoms with E-state index in [1.54, 1.807) is 0 Å². The summed E-state index contributed by atoms with van der Waals surface area (Å²) in [6, 6.07) is 0.282. The summed E-state index contributed by atoms with van der Waals surface area (Å²) in [5, 5.41) is 11.7. The number of carbonyl (C=O) groups excluding carboxylic acids is 1. The van der Waals surface area contributed by atoms with Crippen LogP contribution >= 0.6 is 11.8 Å². The average Bonchev–Trinajstić information content (AvgIpc) is 2.64. The maximum absolute atomic E-state index is 11.7. The molecule has 0 bridgehead atoms. The quantitative estimate of drug-likeness (QED) is 0.784. The van der Waals surface area contributed by atoms with E-state index in [9.17, 15) is 4.79 Å². The van der Waals surface area contributed by atoms with Crippen LogP contribution in [0.5, 0.6) is 0 Å². The molecular formula is C11H20N4OS. The van der Waals surface area contributed by atoms with Crippen molar-refractivity contribution in [3.63, 3.8) is 0 Å². The fourth-order valence-electron chi connectivity index (χ4n) is 1.41. The molecule has 0 radical (unpaired) electrons. The van der Waals surface area contributed by atoms with Gasteiger partial charge >= 0.3 is 0 Å². The second kappa shape index (κ2) is 6.64. The van der Waals surface area contributed by atoms with Crippen LogP contribution < -0.4 is 5.32 Å². The summed E-state index contributed by atoms with van der Waals surface area (Å²) in [5.41, 5.74) is 0. The molecule has 17 heavy (non-hydrogen) atoms. The minimum atomic E-state index is 0.0596. The lowest BCUT2D eigenvalue weighted by atomic mass is 10.2. The predicted octanol–water partition coefficient (Wildman–Crippen LogP) is 1.52.